The average molecular weight is 297 g/mol. The van der Waals surface area contributed by atoms with Crippen LogP contribution in [-0.4, -0.2) is 32.6 Å². The molecule has 0 radical (unpaired) electrons. The highest BCUT2D eigenvalue weighted by Gasteiger charge is 2.26. The largest absolute Gasteiger partial charge is 0.355 e. The minimum absolute atomic E-state index is 0.524. The first kappa shape index (κ1) is 12.5. The predicted molar refractivity (Wildman–Crippen MR) is 83.0 cm³/mol. The number of thiazole rings is 1. The predicted octanol–water partition coefficient (Wildman–Crippen LogP) is 2.72. The first-order chi connectivity index (χ1) is 10.4. The summed E-state index contributed by atoms with van der Waals surface area (Å²) in [6, 6.07) is 3.96. The lowest BCUT2D eigenvalue weighted by atomic mass is 10.1. The maximum absolute atomic E-state index is 4.56. The van der Waals surface area contributed by atoms with Gasteiger partial charge in [0.15, 0.2) is 5.82 Å². The summed E-state index contributed by atoms with van der Waals surface area (Å²) in [7, 11) is 0. The topological polar surface area (TPSA) is 46.8 Å². The standard InChI is InChI=1S/C15H15N5S/c1-2-6-19(5-1)13-9-18-14(10-17-13)20-7-3-12(11-20)15-16-4-8-21-15/h1-2,4-6,8-10,12H,3,7,11H2. The van der Waals surface area contributed by atoms with Gasteiger partial charge < -0.3 is 9.47 Å². The Labute approximate surface area is 126 Å². The third-order valence-corrected chi connectivity index (χ3v) is 4.74. The van der Waals surface area contributed by atoms with E-state index in [1.165, 1.54) is 5.01 Å². The third kappa shape index (κ3) is 2.42. The molecular weight excluding hydrogens is 282 g/mol. The van der Waals surface area contributed by atoms with Crippen LogP contribution in [-0.2, 0) is 0 Å². The van der Waals surface area contributed by atoms with Crippen molar-refractivity contribution in [2.24, 2.45) is 0 Å². The summed E-state index contributed by atoms with van der Waals surface area (Å²) in [4.78, 5) is 15.8. The Kier molecular flexibility index (Phi) is 3.16. The first-order valence-electron chi connectivity index (χ1n) is 7.00. The molecule has 0 aromatic carbocycles. The van der Waals surface area contributed by atoms with Crippen molar-refractivity contribution in [1.82, 2.24) is 19.5 Å². The molecule has 3 aromatic rings. The van der Waals surface area contributed by atoms with E-state index in [2.05, 4.69) is 19.9 Å². The smallest absolute Gasteiger partial charge is 0.155 e. The Morgan fingerprint density at radius 3 is 2.57 bits per heavy atom. The maximum Gasteiger partial charge on any atom is 0.155 e. The van der Waals surface area contributed by atoms with Crippen molar-refractivity contribution in [1.29, 1.82) is 0 Å². The first-order valence-corrected chi connectivity index (χ1v) is 7.88. The highest BCUT2D eigenvalue weighted by atomic mass is 32.1. The number of nitrogens with zero attached hydrogens (tertiary/aromatic N) is 5. The second-order valence-corrected chi connectivity index (χ2v) is 6.05. The van der Waals surface area contributed by atoms with Crippen molar-refractivity contribution < 1.29 is 0 Å². The van der Waals surface area contributed by atoms with E-state index in [1.54, 1.807) is 11.3 Å². The van der Waals surface area contributed by atoms with Crippen molar-refractivity contribution in [2.45, 2.75) is 12.3 Å². The van der Waals surface area contributed by atoms with Gasteiger partial charge in [0.25, 0.3) is 0 Å². The van der Waals surface area contributed by atoms with Crippen LogP contribution in [0, 0.1) is 0 Å². The highest BCUT2D eigenvalue weighted by Crippen LogP contribution is 2.30. The van der Waals surface area contributed by atoms with Gasteiger partial charge in [-0.2, -0.15) is 0 Å². The minimum atomic E-state index is 0.524. The van der Waals surface area contributed by atoms with Gasteiger partial charge in [0, 0.05) is 43.0 Å². The second kappa shape index (κ2) is 5.29. The molecule has 1 fully saturated rings. The summed E-state index contributed by atoms with van der Waals surface area (Å²) >= 11 is 1.74. The Balaban J connectivity index is 1.50. The molecule has 1 saturated heterocycles. The van der Waals surface area contributed by atoms with Crippen LogP contribution in [0.4, 0.5) is 5.82 Å². The Morgan fingerprint density at radius 2 is 1.86 bits per heavy atom. The lowest BCUT2D eigenvalue weighted by molar-refractivity contribution is 0.765. The van der Waals surface area contributed by atoms with Crippen molar-refractivity contribution in [3.63, 3.8) is 0 Å². The van der Waals surface area contributed by atoms with Crippen LogP contribution in [0.25, 0.3) is 5.82 Å². The molecule has 4 rings (SSSR count). The SMILES string of the molecule is c1ccn(-c2cnc(N3CCC(c4nccs4)C3)cn2)c1. The van der Waals surface area contributed by atoms with E-state index in [4.69, 9.17) is 0 Å². The van der Waals surface area contributed by atoms with Gasteiger partial charge in [0.05, 0.1) is 17.4 Å². The summed E-state index contributed by atoms with van der Waals surface area (Å²) in [5, 5.41) is 3.28. The zero-order valence-electron chi connectivity index (χ0n) is 11.5. The summed E-state index contributed by atoms with van der Waals surface area (Å²) in [6.07, 6.45) is 10.6. The van der Waals surface area contributed by atoms with Crippen LogP contribution in [0.5, 0.6) is 0 Å². The lowest BCUT2D eigenvalue weighted by Gasteiger charge is -2.16. The molecule has 106 valence electrons. The molecule has 0 amide bonds. The van der Waals surface area contributed by atoms with Crippen LogP contribution >= 0.6 is 11.3 Å². The molecule has 4 heterocycles. The fourth-order valence-corrected chi connectivity index (χ4v) is 3.47. The molecule has 1 aliphatic rings. The molecular formula is C15H15N5S. The molecule has 6 heteroatoms. The Hall–Kier alpha value is -2.21. The van der Waals surface area contributed by atoms with E-state index < -0.39 is 0 Å². The zero-order valence-corrected chi connectivity index (χ0v) is 12.3. The zero-order chi connectivity index (χ0) is 14.1. The summed E-state index contributed by atoms with van der Waals surface area (Å²) < 4.78 is 1.96. The van der Waals surface area contributed by atoms with Gasteiger partial charge in [-0.15, -0.1) is 11.3 Å². The van der Waals surface area contributed by atoms with E-state index in [0.29, 0.717) is 5.92 Å². The Morgan fingerprint density at radius 1 is 1.05 bits per heavy atom. The van der Waals surface area contributed by atoms with E-state index >= 15 is 0 Å². The number of hydrogen-bond donors (Lipinski definition) is 0. The molecule has 1 atom stereocenters. The molecule has 0 bridgehead atoms. The van der Waals surface area contributed by atoms with Gasteiger partial charge in [0.1, 0.15) is 5.82 Å². The maximum atomic E-state index is 4.56. The summed E-state index contributed by atoms with van der Waals surface area (Å²) in [5.41, 5.74) is 0. The van der Waals surface area contributed by atoms with E-state index in [0.717, 1.165) is 31.1 Å². The van der Waals surface area contributed by atoms with E-state index in [-0.39, 0.29) is 0 Å². The highest BCUT2D eigenvalue weighted by molar-refractivity contribution is 7.09. The molecule has 1 unspecified atom stereocenters. The molecule has 21 heavy (non-hydrogen) atoms. The summed E-state index contributed by atoms with van der Waals surface area (Å²) in [5.74, 6) is 2.32. The second-order valence-electron chi connectivity index (χ2n) is 5.13. The molecule has 1 aliphatic heterocycles. The average Bonchev–Trinajstić information content (AvgIpc) is 3.27. The van der Waals surface area contributed by atoms with Gasteiger partial charge in [-0.1, -0.05) is 0 Å². The Bertz CT molecular complexity index is 690. The third-order valence-electron chi connectivity index (χ3n) is 3.81. The lowest BCUT2D eigenvalue weighted by Crippen LogP contribution is -2.20. The quantitative estimate of drug-likeness (QED) is 0.746. The van der Waals surface area contributed by atoms with Gasteiger partial charge in [-0.25, -0.2) is 15.0 Å². The van der Waals surface area contributed by atoms with Crippen molar-refractivity contribution in [3.05, 3.63) is 53.5 Å². The van der Waals surface area contributed by atoms with Crippen LogP contribution in [0.2, 0.25) is 0 Å². The van der Waals surface area contributed by atoms with Crippen LogP contribution < -0.4 is 4.90 Å². The van der Waals surface area contributed by atoms with Gasteiger partial charge >= 0.3 is 0 Å². The molecule has 3 aromatic heterocycles. The van der Waals surface area contributed by atoms with Crippen LogP contribution in [0.15, 0.2) is 48.5 Å². The number of aromatic nitrogens is 4. The normalized spacial score (nSPS) is 18.3. The molecule has 0 saturated carbocycles. The van der Waals surface area contributed by atoms with Crippen LogP contribution in [0.3, 0.4) is 0 Å². The fraction of sp³-hybridized carbons (Fsp3) is 0.267. The van der Waals surface area contributed by atoms with Crippen LogP contribution in [0.1, 0.15) is 17.3 Å². The van der Waals surface area contributed by atoms with Crippen molar-refractivity contribution >= 4 is 17.2 Å². The molecule has 0 N–H and O–H groups in total. The number of hydrogen-bond acceptors (Lipinski definition) is 5. The monoisotopic (exact) mass is 297 g/mol. The van der Waals surface area contributed by atoms with Gasteiger partial charge in [-0.05, 0) is 18.6 Å². The minimum Gasteiger partial charge on any atom is -0.355 e. The fourth-order valence-electron chi connectivity index (χ4n) is 2.70. The number of rotatable bonds is 3. The molecule has 5 nitrogen and oxygen atoms in total. The van der Waals surface area contributed by atoms with Gasteiger partial charge in [0.2, 0.25) is 0 Å². The molecule has 0 aliphatic carbocycles. The van der Waals surface area contributed by atoms with Gasteiger partial charge in [-0.3, -0.25) is 0 Å². The van der Waals surface area contributed by atoms with E-state index in [1.807, 2.05) is 53.1 Å². The summed E-state index contributed by atoms with van der Waals surface area (Å²) in [6.45, 7) is 1.99. The number of anilines is 1. The molecule has 0 spiro atoms. The van der Waals surface area contributed by atoms with Crippen molar-refractivity contribution in [2.75, 3.05) is 18.0 Å². The van der Waals surface area contributed by atoms with E-state index in [9.17, 15) is 0 Å². The van der Waals surface area contributed by atoms with Crippen molar-refractivity contribution in [3.8, 4) is 5.82 Å².